The van der Waals surface area contributed by atoms with Crippen molar-refractivity contribution < 1.29 is 14.3 Å². The van der Waals surface area contributed by atoms with Crippen LogP contribution in [0.25, 0.3) is 22.3 Å². The number of aryl methyl sites for hydroxylation is 2. The van der Waals surface area contributed by atoms with Gasteiger partial charge < -0.3 is 10.4 Å². The first-order valence-corrected chi connectivity index (χ1v) is 10.5. The molecular formula is C23H25FN6O3. The Morgan fingerprint density at radius 2 is 2.06 bits per heavy atom. The summed E-state index contributed by atoms with van der Waals surface area (Å²) in [6.45, 7) is 4.22. The third-order valence-electron chi connectivity index (χ3n) is 5.63. The predicted molar refractivity (Wildman–Crippen MR) is 123 cm³/mol. The highest BCUT2D eigenvalue weighted by Gasteiger charge is 2.27. The van der Waals surface area contributed by atoms with Crippen LogP contribution >= 0.6 is 0 Å². The monoisotopic (exact) mass is 452 g/mol. The van der Waals surface area contributed by atoms with E-state index in [2.05, 4.69) is 20.5 Å². The quantitative estimate of drug-likeness (QED) is 0.399. The number of anilines is 1. The zero-order valence-electron chi connectivity index (χ0n) is 18.6. The van der Waals surface area contributed by atoms with Gasteiger partial charge in [0, 0.05) is 23.4 Å². The van der Waals surface area contributed by atoms with E-state index in [9.17, 15) is 19.1 Å². The number of alkyl halides is 1. The summed E-state index contributed by atoms with van der Waals surface area (Å²) in [6.07, 6.45) is 3.16. The Balaban J connectivity index is 1.83. The highest BCUT2D eigenvalue weighted by molar-refractivity contribution is 6.04. The number of hydrogen-bond acceptors (Lipinski definition) is 5. The van der Waals surface area contributed by atoms with Crippen molar-refractivity contribution in [3.05, 3.63) is 64.3 Å². The minimum absolute atomic E-state index is 0.124. The summed E-state index contributed by atoms with van der Waals surface area (Å²) in [4.78, 5) is 30.2. The number of H-pyrrole nitrogens is 1. The minimum Gasteiger partial charge on any atom is -0.394 e. The molecule has 1 aromatic carbocycles. The number of aliphatic hydroxyl groups excluding tert-OH is 1. The second-order valence-corrected chi connectivity index (χ2v) is 8.45. The van der Waals surface area contributed by atoms with E-state index in [0.717, 1.165) is 11.1 Å². The summed E-state index contributed by atoms with van der Waals surface area (Å²) in [5.41, 5.74) is 2.26. The largest absolute Gasteiger partial charge is 0.394 e. The summed E-state index contributed by atoms with van der Waals surface area (Å²) < 4.78 is 16.0. The zero-order valence-corrected chi connectivity index (χ0v) is 18.6. The number of rotatable bonds is 7. The second kappa shape index (κ2) is 8.62. The Labute approximate surface area is 188 Å². The van der Waals surface area contributed by atoms with Crippen molar-refractivity contribution in [1.82, 2.24) is 24.3 Å². The minimum atomic E-state index is -0.911. The highest BCUT2D eigenvalue weighted by atomic mass is 19.1. The van der Waals surface area contributed by atoms with Gasteiger partial charge >= 0.3 is 5.69 Å². The van der Waals surface area contributed by atoms with E-state index >= 15 is 0 Å². The number of fused-ring (bicyclic) bond motifs is 1. The van der Waals surface area contributed by atoms with Gasteiger partial charge in [0.1, 0.15) is 12.5 Å². The molecule has 0 saturated carbocycles. The Hall–Kier alpha value is -3.79. The Kier molecular flexibility index (Phi) is 5.86. The van der Waals surface area contributed by atoms with Crippen LogP contribution in [0, 0.1) is 6.92 Å². The van der Waals surface area contributed by atoms with Gasteiger partial charge in [0.15, 0.2) is 5.65 Å². The first-order chi connectivity index (χ1) is 15.8. The van der Waals surface area contributed by atoms with E-state index in [1.54, 1.807) is 44.3 Å². The SMILES string of the molecule is Cc1ccc(C(=O)Nc2ccn[nH]2)cc1-c1cnc2c(c1)n(CCF)c(=O)n2C(C)(C)CO. The number of aromatic amines is 1. The van der Waals surface area contributed by atoms with Crippen LogP contribution in [0.15, 0.2) is 47.5 Å². The van der Waals surface area contributed by atoms with Crippen molar-refractivity contribution in [3.63, 3.8) is 0 Å². The van der Waals surface area contributed by atoms with Crippen LogP contribution in [0.1, 0.15) is 29.8 Å². The molecule has 0 saturated heterocycles. The van der Waals surface area contributed by atoms with Crippen molar-refractivity contribution in [2.24, 2.45) is 0 Å². The maximum Gasteiger partial charge on any atom is 0.331 e. The topological polar surface area (TPSA) is 118 Å². The molecule has 4 aromatic rings. The summed E-state index contributed by atoms with van der Waals surface area (Å²) >= 11 is 0. The lowest BCUT2D eigenvalue weighted by molar-refractivity contribution is 0.102. The molecule has 33 heavy (non-hydrogen) atoms. The lowest BCUT2D eigenvalue weighted by Crippen LogP contribution is -2.40. The molecule has 0 aliphatic carbocycles. The number of pyridine rings is 1. The number of hydrogen-bond donors (Lipinski definition) is 3. The van der Waals surface area contributed by atoms with Gasteiger partial charge in [-0.1, -0.05) is 6.07 Å². The molecule has 3 N–H and O–H groups in total. The smallest absolute Gasteiger partial charge is 0.331 e. The van der Waals surface area contributed by atoms with Crippen LogP contribution in [0.4, 0.5) is 10.2 Å². The fourth-order valence-corrected chi connectivity index (χ4v) is 3.79. The van der Waals surface area contributed by atoms with E-state index < -0.39 is 17.9 Å². The molecule has 0 bridgehead atoms. The summed E-state index contributed by atoms with van der Waals surface area (Å²) in [6, 6.07) is 8.71. The first kappa shape index (κ1) is 22.4. The van der Waals surface area contributed by atoms with E-state index in [1.165, 1.54) is 15.3 Å². The fourth-order valence-electron chi connectivity index (χ4n) is 3.79. The maximum atomic E-state index is 13.3. The van der Waals surface area contributed by atoms with Crippen molar-refractivity contribution in [2.75, 3.05) is 18.6 Å². The Morgan fingerprint density at radius 3 is 2.73 bits per heavy atom. The molecule has 0 radical (unpaired) electrons. The summed E-state index contributed by atoms with van der Waals surface area (Å²) in [5, 5.41) is 19.0. The normalized spacial score (nSPS) is 11.8. The lowest BCUT2D eigenvalue weighted by Gasteiger charge is -2.23. The summed E-state index contributed by atoms with van der Waals surface area (Å²) in [7, 11) is 0. The third kappa shape index (κ3) is 4.05. The average molecular weight is 452 g/mol. The number of nitrogens with zero attached hydrogens (tertiary/aromatic N) is 4. The van der Waals surface area contributed by atoms with Gasteiger partial charge in [0.05, 0.1) is 30.4 Å². The molecule has 3 aromatic heterocycles. The molecule has 3 heterocycles. The van der Waals surface area contributed by atoms with E-state index in [-0.39, 0.29) is 19.1 Å². The predicted octanol–water partition coefficient (Wildman–Crippen LogP) is 2.85. The second-order valence-electron chi connectivity index (χ2n) is 8.45. The van der Waals surface area contributed by atoms with Crippen LogP contribution in [0.2, 0.25) is 0 Å². The van der Waals surface area contributed by atoms with Crippen LogP contribution in [-0.4, -0.2) is 48.6 Å². The van der Waals surface area contributed by atoms with Crippen molar-refractivity contribution in [3.8, 4) is 11.1 Å². The van der Waals surface area contributed by atoms with E-state index in [1.807, 2.05) is 13.0 Å². The molecule has 0 atom stereocenters. The maximum absolute atomic E-state index is 13.3. The number of carbonyl (C=O) groups is 1. The van der Waals surface area contributed by atoms with Crippen molar-refractivity contribution in [1.29, 1.82) is 0 Å². The van der Waals surface area contributed by atoms with Gasteiger partial charge in [-0.15, -0.1) is 0 Å². The molecule has 10 heteroatoms. The number of imidazole rings is 1. The number of benzene rings is 1. The lowest BCUT2D eigenvalue weighted by atomic mass is 9.98. The number of aliphatic hydroxyl groups is 1. The average Bonchev–Trinajstić information content (AvgIpc) is 3.40. The van der Waals surface area contributed by atoms with Crippen LogP contribution in [-0.2, 0) is 12.1 Å². The van der Waals surface area contributed by atoms with Gasteiger partial charge in [-0.05, 0) is 50.1 Å². The van der Waals surface area contributed by atoms with Gasteiger partial charge in [0.25, 0.3) is 5.91 Å². The van der Waals surface area contributed by atoms with Crippen molar-refractivity contribution in [2.45, 2.75) is 32.9 Å². The van der Waals surface area contributed by atoms with Crippen LogP contribution in [0.3, 0.4) is 0 Å². The van der Waals surface area contributed by atoms with Crippen LogP contribution in [0.5, 0.6) is 0 Å². The summed E-state index contributed by atoms with van der Waals surface area (Å²) in [5.74, 6) is 0.174. The zero-order chi connectivity index (χ0) is 23.8. The molecule has 0 spiro atoms. The number of carbonyl (C=O) groups excluding carboxylic acids is 1. The van der Waals surface area contributed by atoms with Gasteiger partial charge in [-0.25, -0.2) is 14.2 Å². The van der Waals surface area contributed by atoms with E-state index in [0.29, 0.717) is 28.1 Å². The van der Waals surface area contributed by atoms with Gasteiger partial charge in [-0.3, -0.25) is 19.0 Å². The van der Waals surface area contributed by atoms with Crippen molar-refractivity contribution >= 4 is 22.9 Å². The Morgan fingerprint density at radius 1 is 1.27 bits per heavy atom. The third-order valence-corrected chi connectivity index (χ3v) is 5.63. The standard InChI is InChI=1S/C23H25FN6O3/c1-14-4-5-15(21(32)27-19-6-8-26-28-19)10-17(14)16-11-18-20(25-12-16)30(23(2,3)13-31)22(33)29(18)9-7-24/h4-6,8,10-12,31H,7,9,13H2,1-3H3,(H2,26,27,28,32). The number of amides is 1. The number of aromatic nitrogens is 5. The molecule has 0 fully saturated rings. The molecule has 0 unspecified atom stereocenters. The van der Waals surface area contributed by atoms with E-state index in [4.69, 9.17) is 0 Å². The molecular weight excluding hydrogens is 427 g/mol. The van der Waals surface area contributed by atoms with Gasteiger partial charge in [-0.2, -0.15) is 5.10 Å². The van der Waals surface area contributed by atoms with Crippen LogP contribution < -0.4 is 11.0 Å². The first-order valence-electron chi connectivity index (χ1n) is 10.5. The highest BCUT2D eigenvalue weighted by Crippen LogP contribution is 2.28. The molecule has 0 aliphatic heterocycles. The molecule has 9 nitrogen and oxygen atoms in total. The Bertz CT molecular complexity index is 1370. The fraction of sp³-hybridized carbons (Fsp3) is 0.304. The molecule has 4 rings (SSSR count). The molecule has 0 aliphatic rings. The number of nitrogens with one attached hydrogen (secondary N) is 2. The number of halogens is 1. The molecule has 172 valence electrons. The molecule has 1 amide bonds. The van der Waals surface area contributed by atoms with Gasteiger partial charge in [0.2, 0.25) is 0 Å².